The Morgan fingerprint density at radius 2 is 2.12 bits per heavy atom. The van der Waals surface area contributed by atoms with Crippen LogP contribution in [0.1, 0.15) is 0 Å². The maximum Gasteiger partial charge on any atom is 0.329 e. The molecule has 0 aromatic heterocycles. The molecule has 1 fully saturated rings. The molecule has 0 spiro atoms. The van der Waals surface area contributed by atoms with Gasteiger partial charge in [0.15, 0.2) is 0 Å². The second-order valence-electron chi connectivity index (χ2n) is 3.36. The van der Waals surface area contributed by atoms with Crippen LogP contribution >= 0.6 is 35.0 Å². The summed E-state index contributed by atoms with van der Waals surface area (Å²) in [5.41, 5.74) is 0.508. The van der Waals surface area contributed by atoms with E-state index in [9.17, 15) is 9.59 Å². The van der Waals surface area contributed by atoms with E-state index in [-0.39, 0.29) is 5.91 Å². The number of carbonyl (C=O) groups excluding carboxylic acids is 2. The summed E-state index contributed by atoms with van der Waals surface area (Å²) >= 11 is 13.0. The van der Waals surface area contributed by atoms with Crippen molar-refractivity contribution >= 4 is 52.6 Å². The first-order chi connectivity index (χ1) is 8.08. The lowest BCUT2D eigenvalue weighted by Gasteiger charge is -2.14. The molecule has 1 aromatic rings. The standard InChI is InChI=1S/C10H8Cl2N2O2S/c11-7-2-1-6(3-8(7)12)13-10(16)14-5-17-4-9(14)15/h1-3H,4-5H2,(H,13,16). The molecule has 1 aliphatic heterocycles. The minimum Gasteiger partial charge on any atom is -0.307 e. The summed E-state index contributed by atoms with van der Waals surface area (Å²) in [6.45, 7) is 0. The van der Waals surface area contributed by atoms with Crippen molar-refractivity contribution in [3.63, 3.8) is 0 Å². The summed E-state index contributed by atoms with van der Waals surface area (Å²) in [6.07, 6.45) is 0. The smallest absolute Gasteiger partial charge is 0.307 e. The van der Waals surface area contributed by atoms with Crippen LogP contribution in [-0.4, -0.2) is 28.5 Å². The van der Waals surface area contributed by atoms with Crippen molar-refractivity contribution in [1.82, 2.24) is 4.90 Å². The van der Waals surface area contributed by atoms with E-state index in [0.29, 0.717) is 27.4 Å². The quantitative estimate of drug-likeness (QED) is 0.865. The molecular weight excluding hydrogens is 283 g/mol. The van der Waals surface area contributed by atoms with Crippen molar-refractivity contribution in [2.45, 2.75) is 0 Å². The highest BCUT2D eigenvalue weighted by Crippen LogP contribution is 2.25. The van der Waals surface area contributed by atoms with E-state index in [1.807, 2.05) is 0 Å². The van der Waals surface area contributed by atoms with Crippen LogP contribution < -0.4 is 5.32 Å². The van der Waals surface area contributed by atoms with Gasteiger partial charge in [-0.1, -0.05) is 23.2 Å². The number of hydrogen-bond acceptors (Lipinski definition) is 3. The number of amides is 3. The molecule has 0 radical (unpaired) electrons. The van der Waals surface area contributed by atoms with Crippen LogP contribution in [0.15, 0.2) is 18.2 Å². The van der Waals surface area contributed by atoms with Crippen molar-refractivity contribution < 1.29 is 9.59 Å². The average molecular weight is 291 g/mol. The van der Waals surface area contributed by atoms with Gasteiger partial charge in [-0.15, -0.1) is 11.8 Å². The van der Waals surface area contributed by atoms with Gasteiger partial charge in [0.1, 0.15) is 0 Å². The molecule has 2 rings (SSSR count). The molecule has 90 valence electrons. The highest BCUT2D eigenvalue weighted by molar-refractivity contribution is 8.00. The maximum absolute atomic E-state index is 11.7. The van der Waals surface area contributed by atoms with Gasteiger partial charge in [0.05, 0.1) is 21.7 Å². The Bertz CT molecular complexity index is 481. The Labute approximate surface area is 112 Å². The molecule has 1 heterocycles. The van der Waals surface area contributed by atoms with Crippen molar-refractivity contribution in [3.05, 3.63) is 28.2 Å². The summed E-state index contributed by atoms with van der Waals surface area (Å²) in [5.74, 6) is 0.536. The van der Waals surface area contributed by atoms with E-state index in [0.717, 1.165) is 4.90 Å². The number of nitrogens with zero attached hydrogens (tertiary/aromatic N) is 1. The monoisotopic (exact) mass is 290 g/mol. The van der Waals surface area contributed by atoms with E-state index in [1.165, 1.54) is 17.8 Å². The number of rotatable bonds is 1. The second kappa shape index (κ2) is 5.16. The number of urea groups is 1. The minimum atomic E-state index is -0.446. The molecule has 4 nitrogen and oxygen atoms in total. The second-order valence-corrected chi connectivity index (χ2v) is 5.13. The van der Waals surface area contributed by atoms with E-state index < -0.39 is 6.03 Å². The molecule has 1 N–H and O–H groups in total. The van der Waals surface area contributed by atoms with Crippen LogP contribution in [0.3, 0.4) is 0 Å². The zero-order chi connectivity index (χ0) is 12.4. The molecule has 3 amide bonds. The third-order valence-corrected chi connectivity index (χ3v) is 3.79. The molecule has 1 aromatic carbocycles. The fourth-order valence-electron chi connectivity index (χ4n) is 1.31. The normalized spacial score (nSPS) is 15.2. The average Bonchev–Trinajstić information content (AvgIpc) is 2.70. The van der Waals surface area contributed by atoms with Gasteiger partial charge >= 0.3 is 6.03 Å². The Morgan fingerprint density at radius 1 is 1.35 bits per heavy atom. The summed E-state index contributed by atoms with van der Waals surface area (Å²) in [7, 11) is 0. The molecule has 1 aliphatic rings. The summed E-state index contributed by atoms with van der Waals surface area (Å²) < 4.78 is 0. The van der Waals surface area contributed by atoms with Gasteiger partial charge < -0.3 is 5.32 Å². The number of imide groups is 1. The number of hydrogen-bond donors (Lipinski definition) is 1. The molecule has 0 atom stereocenters. The first-order valence-electron chi connectivity index (χ1n) is 4.72. The van der Waals surface area contributed by atoms with Crippen LogP contribution in [0.4, 0.5) is 10.5 Å². The van der Waals surface area contributed by atoms with Crippen LogP contribution in [0.5, 0.6) is 0 Å². The highest BCUT2D eigenvalue weighted by Gasteiger charge is 2.26. The van der Waals surface area contributed by atoms with Gasteiger partial charge in [-0.05, 0) is 18.2 Å². The van der Waals surface area contributed by atoms with Gasteiger partial charge in [0.25, 0.3) is 0 Å². The summed E-state index contributed by atoms with van der Waals surface area (Å²) in [4.78, 5) is 24.2. The van der Waals surface area contributed by atoms with Gasteiger partial charge in [-0.3, -0.25) is 9.69 Å². The van der Waals surface area contributed by atoms with Crippen LogP contribution in [0.25, 0.3) is 0 Å². The third kappa shape index (κ3) is 2.86. The molecule has 0 bridgehead atoms. The topological polar surface area (TPSA) is 49.4 Å². The number of halogens is 2. The Hall–Kier alpha value is -0.910. The van der Waals surface area contributed by atoms with Gasteiger partial charge in [-0.25, -0.2) is 4.79 Å². The number of nitrogens with one attached hydrogen (secondary N) is 1. The third-order valence-electron chi connectivity index (χ3n) is 2.16. The summed E-state index contributed by atoms with van der Waals surface area (Å²) in [6, 6.07) is 4.30. The number of anilines is 1. The number of thioether (sulfide) groups is 1. The van der Waals surface area contributed by atoms with Crippen LogP contribution in [0, 0.1) is 0 Å². The fraction of sp³-hybridized carbons (Fsp3) is 0.200. The number of carbonyl (C=O) groups is 2. The highest BCUT2D eigenvalue weighted by atomic mass is 35.5. The molecule has 17 heavy (non-hydrogen) atoms. The van der Waals surface area contributed by atoms with Crippen molar-refractivity contribution in [2.75, 3.05) is 16.9 Å². The molecular formula is C10H8Cl2N2O2S. The van der Waals surface area contributed by atoms with Gasteiger partial charge in [0, 0.05) is 5.69 Å². The fourth-order valence-corrected chi connectivity index (χ4v) is 2.47. The predicted molar refractivity (Wildman–Crippen MR) is 69.7 cm³/mol. The molecule has 7 heteroatoms. The first kappa shape index (κ1) is 12.5. The van der Waals surface area contributed by atoms with E-state index in [2.05, 4.69) is 5.32 Å². The van der Waals surface area contributed by atoms with Crippen LogP contribution in [0.2, 0.25) is 10.0 Å². The Kier molecular flexibility index (Phi) is 3.81. The van der Waals surface area contributed by atoms with Gasteiger partial charge in [-0.2, -0.15) is 0 Å². The largest absolute Gasteiger partial charge is 0.329 e. The summed E-state index contributed by atoms with van der Waals surface area (Å²) in [5, 5.41) is 3.36. The van der Waals surface area contributed by atoms with Crippen molar-refractivity contribution in [2.24, 2.45) is 0 Å². The van der Waals surface area contributed by atoms with Crippen molar-refractivity contribution in [3.8, 4) is 0 Å². The zero-order valence-corrected chi connectivity index (χ0v) is 10.9. The molecule has 0 unspecified atom stereocenters. The van der Waals surface area contributed by atoms with E-state index >= 15 is 0 Å². The Morgan fingerprint density at radius 3 is 2.71 bits per heavy atom. The lowest BCUT2D eigenvalue weighted by atomic mass is 10.3. The Balaban J connectivity index is 2.07. The minimum absolute atomic E-state index is 0.187. The van der Waals surface area contributed by atoms with Crippen molar-refractivity contribution in [1.29, 1.82) is 0 Å². The first-order valence-corrected chi connectivity index (χ1v) is 6.63. The van der Waals surface area contributed by atoms with Crippen LogP contribution in [-0.2, 0) is 4.79 Å². The van der Waals surface area contributed by atoms with E-state index in [4.69, 9.17) is 23.2 Å². The lowest BCUT2D eigenvalue weighted by Crippen LogP contribution is -2.36. The predicted octanol–water partition coefficient (Wildman–Crippen LogP) is 3.06. The zero-order valence-electron chi connectivity index (χ0n) is 8.57. The lowest BCUT2D eigenvalue weighted by molar-refractivity contribution is -0.123. The molecule has 0 saturated carbocycles. The number of benzene rings is 1. The maximum atomic E-state index is 11.7. The molecule has 0 aliphatic carbocycles. The van der Waals surface area contributed by atoms with Gasteiger partial charge in [0.2, 0.25) is 5.91 Å². The van der Waals surface area contributed by atoms with E-state index in [1.54, 1.807) is 12.1 Å². The molecule has 1 saturated heterocycles. The SMILES string of the molecule is O=C1CSCN1C(=O)Nc1ccc(Cl)c(Cl)c1.